The summed E-state index contributed by atoms with van der Waals surface area (Å²) in [6.45, 7) is 4.58. The molecule has 1 heterocycles. The lowest BCUT2D eigenvalue weighted by Crippen LogP contribution is -2.11. The Bertz CT molecular complexity index is 315. The Kier molecular flexibility index (Phi) is 7.12. The van der Waals surface area contributed by atoms with E-state index in [1.807, 2.05) is 18.7 Å². The van der Waals surface area contributed by atoms with Crippen molar-refractivity contribution >= 4 is 17.7 Å². The number of aryl methyl sites for hydroxylation is 1. The van der Waals surface area contributed by atoms with Crippen LogP contribution >= 0.6 is 11.8 Å². The molecule has 0 saturated carbocycles. The minimum Gasteiger partial charge on any atom is -0.383 e. The molecule has 0 radical (unpaired) electrons. The van der Waals surface area contributed by atoms with Crippen molar-refractivity contribution in [2.24, 2.45) is 0 Å². The first-order chi connectivity index (χ1) is 8.27. The minimum absolute atomic E-state index is 0.719. The number of aromatic nitrogens is 2. The van der Waals surface area contributed by atoms with Crippen molar-refractivity contribution in [3.8, 4) is 0 Å². The van der Waals surface area contributed by atoms with E-state index in [0.29, 0.717) is 0 Å². The lowest BCUT2D eigenvalue weighted by molar-refractivity contribution is 0.187. The topological polar surface area (TPSA) is 39.1 Å². The standard InChI is InChI=1S/C12H23N3OS/c1-11-10-15(7-8-16-2)12(14-11)13-6-4-5-9-17-3/h10H,4-9H2,1-3H3,(H,13,14). The molecule has 4 nitrogen and oxygen atoms in total. The zero-order valence-electron chi connectivity index (χ0n) is 11.0. The molecule has 0 amide bonds. The number of ether oxygens (including phenoxy) is 1. The molecule has 0 spiro atoms. The van der Waals surface area contributed by atoms with E-state index in [2.05, 4.69) is 27.3 Å². The van der Waals surface area contributed by atoms with Gasteiger partial charge in [0.15, 0.2) is 0 Å². The fourth-order valence-electron chi connectivity index (χ4n) is 1.62. The van der Waals surface area contributed by atoms with Crippen molar-refractivity contribution in [3.63, 3.8) is 0 Å². The van der Waals surface area contributed by atoms with E-state index in [1.165, 1.54) is 18.6 Å². The Labute approximate surface area is 108 Å². The van der Waals surface area contributed by atoms with Gasteiger partial charge in [-0.1, -0.05) is 0 Å². The summed E-state index contributed by atoms with van der Waals surface area (Å²) in [5.74, 6) is 2.20. The number of nitrogens with one attached hydrogen (secondary N) is 1. The third-order valence-electron chi connectivity index (χ3n) is 2.49. The van der Waals surface area contributed by atoms with Gasteiger partial charge in [-0.25, -0.2) is 4.98 Å². The van der Waals surface area contributed by atoms with Gasteiger partial charge in [-0.05, 0) is 31.8 Å². The molecule has 0 aromatic carbocycles. The van der Waals surface area contributed by atoms with E-state index in [0.717, 1.165) is 31.3 Å². The van der Waals surface area contributed by atoms with Crippen LogP contribution in [0.2, 0.25) is 0 Å². The smallest absolute Gasteiger partial charge is 0.203 e. The van der Waals surface area contributed by atoms with Crippen molar-refractivity contribution in [2.75, 3.05) is 37.6 Å². The summed E-state index contributed by atoms with van der Waals surface area (Å²) in [6.07, 6.45) is 6.65. The first kappa shape index (κ1) is 14.4. The third kappa shape index (κ3) is 5.46. The number of anilines is 1. The predicted molar refractivity (Wildman–Crippen MR) is 74.9 cm³/mol. The van der Waals surface area contributed by atoms with E-state index in [-0.39, 0.29) is 0 Å². The fraction of sp³-hybridized carbons (Fsp3) is 0.750. The summed E-state index contributed by atoms with van der Waals surface area (Å²) >= 11 is 1.90. The molecular formula is C12H23N3OS. The van der Waals surface area contributed by atoms with Gasteiger partial charge in [0.05, 0.1) is 12.3 Å². The Morgan fingerprint density at radius 2 is 2.29 bits per heavy atom. The summed E-state index contributed by atoms with van der Waals surface area (Å²) in [5, 5.41) is 3.39. The van der Waals surface area contributed by atoms with E-state index in [1.54, 1.807) is 7.11 Å². The monoisotopic (exact) mass is 257 g/mol. The summed E-state index contributed by atoms with van der Waals surface area (Å²) in [7, 11) is 1.72. The second-order valence-electron chi connectivity index (χ2n) is 4.02. The van der Waals surface area contributed by atoms with Gasteiger partial charge in [0.2, 0.25) is 5.95 Å². The summed E-state index contributed by atoms with van der Waals surface area (Å²) in [6, 6.07) is 0. The molecule has 0 fully saturated rings. The quantitative estimate of drug-likeness (QED) is 0.690. The number of methoxy groups -OCH3 is 1. The average molecular weight is 257 g/mol. The zero-order valence-corrected chi connectivity index (χ0v) is 11.8. The number of unbranched alkanes of at least 4 members (excludes halogenated alkanes) is 1. The molecule has 98 valence electrons. The molecular weight excluding hydrogens is 234 g/mol. The summed E-state index contributed by atoms with van der Waals surface area (Å²) < 4.78 is 7.21. The van der Waals surface area contributed by atoms with Crippen molar-refractivity contribution in [1.29, 1.82) is 0 Å². The Morgan fingerprint density at radius 3 is 3.00 bits per heavy atom. The molecule has 5 heteroatoms. The third-order valence-corrected chi connectivity index (χ3v) is 3.19. The Balaban J connectivity index is 2.35. The van der Waals surface area contributed by atoms with Gasteiger partial charge in [-0.2, -0.15) is 11.8 Å². The molecule has 0 aliphatic carbocycles. The normalized spacial score (nSPS) is 10.8. The molecule has 0 unspecified atom stereocenters. The highest BCUT2D eigenvalue weighted by Crippen LogP contribution is 2.09. The SMILES string of the molecule is COCCn1cc(C)nc1NCCCCSC. The van der Waals surface area contributed by atoms with Gasteiger partial charge in [-0.15, -0.1) is 0 Å². The second-order valence-corrected chi connectivity index (χ2v) is 5.00. The molecule has 17 heavy (non-hydrogen) atoms. The maximum absolute atomic E-state index is 5.09. The molecule has 1 aromatic rings. The van der Waals surface area contributed by atoms with E-state index < -0.39 is 0 Å². The molecule has 0 aliphatic heterocycles. The lowest BCUT2D eigenvalue weighted by atomic mass is 10.3. The molecule has 1 rings (SSSR count). The molecule has 0 atom stereocenters. The zero-order chi connectivity index (χ0) is 12.5. The number of imidazole rings is 1. The van der Waals surface area contributed by atoms with Gasteiger partial charge in [0.1, 0.15) is 0 Å². The van der Waals surface area contributed by atoms with Crippen LogP contribution in [-0.4, -0.2) is 41.8 Å². The molecule has 0 saturated heterocycles. The number of rotatable bonds is 9. The van der Waals surface area contributed by atoms with E-state index in [4.69, 9.17) is 4.74 Å². The van der Waals surface area contributed by atoms with Gasteiger partial charge in [0.25, 0.3) is 0 Å². The molecule has 0 aliphatic rings. The first-order valence-electron chi connectivity index (χ1n) is 6.03. The van der Waals surface area contributed by atoms with Crippen molar-refractivity contribution in [3.05, 3.63) is 11.9 Å². The van der Waals surface area contributed by atoms with Gasteiger partial charge < -0.3 is 14.6 Å². The van der Waals surface area contributed by atoms with Crippen LogP contribution in [-0.2, 0) is 11.3 Å². The number of thioether (sulfide) groups is 1. The van der Waals surface area contributed by atoms with E-state index in [9.17, 15) is 0 Å². The van der Waals surface area contributed by atoms with Crippen molar-refractivity contribution in [2.45, 2.75) is 26.3 Å². The van der Waals surface area contributed by atoms with Gasteiger partial charge >= 0.3 is 0 Å². The van der Waals surface area contributed by atoms with Gasteiger partial charge in [0, 0.05) is 26.4 Å². The van der Waals surface area contributed by atoms with Crippen LogP contribution in [0, 0.1) is 6.92 Å². The van der Waals surface area contributed by atoms with Crippen LogP contribution in [0.15, 0.2) is 6.20 Å². The van der Waals surface area contributed by atoms with Crippen LogP contribution in [0.25, 0.3) is 0 Å². The highest BCUT2D eigenvalue weighted by molar-refractivity contribution is 7.98. The predicted octanol–water partition coefficient (Wildman–Crippen LogP) is 2.39. The molecule has 1 aromatic heterocycles. The highest BCUT2D eigenvalue weighted by Gasteiger charge is 2.04. The van der Waals surface area contributed by atoms with Gasteiger partial charge in [-0.3, -0.25) is 0 Å². The second kappa shape index (κ2) is 8.42. The lowest BCUT2D eigenvalue weighted by Gasteiger charge is -2.08. The summed E-state index contributed by atoms with van der Waals surface area (Å²) in [5.41, 5.74) is 1.05. The van der Waals surface area contributed by atoms with E-state index >= 15 is 0 Å². The van der Waals surface area contributed by atoms with Crippen LogP contribution in [0.4, 0.5) is 5.95 Å². The van der Waals surface area contributed by atoms with Crippen LogP contribution < -0.4 is 5.32 Å². The minimum atomic E-state index is 0.719. The Hall–Kier alpha value is -0.680. The largest absolute Gasteiger partial charge is 0.383 e. The van der Waals surface area contributed by atoms with Crippen LogP contribution in [0.5, 0.6) is 0 Å². The van der Waals surface area contributed by atoms with Crippen molar-refractivity contribution in [1.82, 2.24) is 9.55 Å². The fourth-order valence-corrected chi connectivity index (χ4v) is 2.11. The molecule has 1 N–H and O–H groups in total. The maximum Gasteiger partial charge on any atom is 0.203 e. The number of hydrogen-bond acceptors (Lipinski definition) is 4. The summed E-state index contributed by atoms with van der Waals surface area (Å²) in [4.78, 5) is 4.47. The maximum atomic E-state index is 5.09. The average Bonchev–Trinajstić information content (AvgIpc) is 2.67. The van der Waals surface area contributed by atoms with Crippen molar-refractivity contribution < 1.29 is 4.74 Å². The molecule has 0 bridgehead atoms. The van der Waals surface area contributed by atoms with Crippen LogP contribution in [0.3, 0.4) is 0 Å². The Morgan fingerprint density at radius 1 is 1.47 bits per heavy atom. The first-order valence-corrected chi connectivity index (χ1v) is 7.43. The highest BCUT2D eigenvalue weighted by atomic mass is 32.2. The number of nitrogens with zero attached hydrogens (tertiary/aromatic N) is 2. The number of hydrogen-bond donors (Lipinski definition) is 1. The van der Waals surface area contributed by atoms with Crippen LogP contribution in [0.1, 0.15) is 18.5 Å².